The minimum Gasteiger partial charge on any atom is -0.363 e. The Morgan fingerprint density at radius 1 is 1.39 bits per heavy atom. The van der Waals surface area contributed by atoms with E-state index in [0.29, 0.717) is 16.8 Å². The molecule has 0 aromatic carbocycles. The summed E-state index contributed by atoms with van der Waals surface area (Å²) in [6.07, 6.45) is 2.92. The number of nitro groups is 1. The Morgan fingerprint density at radius 2 is 2.22 bits per heavy atom. The molecule has 0 spiro atoms. The van der Waals surface area contributed by atoms with Crippen LogP contribution in [0.3, 0.4) is 0 Å². The highest BCUT2D eigenvalue weighted by atomic mass is 79.9. The van der Waals surface area contributed by atoms with Gasteiger partial charge in [-0.05, 0) is 28.1 Å². The monoisotopic (exact) mass is 308 g/mol. The average molecular weight is 309 g/mol. The third kappa shape index (κ3) is 3.01. The van der Waals surface area contributed by atoms with E-state index in [1.165, 1.54) is 12.3 Å². The van der Waals surface area contributed by atoms with Crippen LogP contribution in [0.1, 0.15) is 5.69 Å². The molecule has 0 amide bonds. The predicted octanol–water partition coefficient (Wildman–Crippen LogP) is 2.76. The van der Waals surface area contributed by atoms with Crippen LogP contribution >= 0.6 is 15.9 Å². The number of aromatic nitrogens is 2. The second-order valence-electron chi connectivity index (χ2n) is 3.46. The van der Waals surface area contributed by atoms with Gasteiger partial charge in [0.05, 0.1) is 21.6 Å². The molecule has 0 unspecified atom stereocenters. The molecule has 0 aliphatic heterocycles. The van der Waals surface area contributed by atoms with E-state index in [2.05, 4.69) is 31.2 Å². The third-order valence-electron chi connectivity index (χ3n) is 2.20. The smallest absolute Gasteiger partial charge is 0.288 e. The normalized spacial score (nSPS) is 10.1. The number of rotatable bonds is 4. The largest absolute Gasteiger partial charge is 0.363 e. The van der Waals surface area contributed by atoms with Gasteiger partial charge in [0, 0.05) is 12.3 Å². The van der Waals surface area contributed by atoms with Crippen molar-refractivity contribution in [2.75, 3.05) is 5.32 Å². The summed E-state index contributed by atoms with van der Waals surface area (Å²) < 4.78 is 0.549. The first kappa shape index (κ1) is 12.4. The Labute approximate surface area is 111 Å². The van der Waals surface area contributed by atoms with Crippen LogP contribution in [-0.4, -0.2) is 14.9 Å². The zero-order valence-corrected chi connectivity index (χ0v) is 10.8. The molecule has 92 valence electrons. The van der Waals surface area contributed by atoms with Crippen molar-refractivity contribution >= 4 is 27.4 Å². The standard InChI is InChI=1S/C11H9BrN4O2/c12-10-5-9(16(17)18)7-15-11(10)14-6-8-3-1-2-4-13-8/h1-5,7H,6H2,(H,14,15). The van der Waals surface area contributed by atoms with E-state index in [4.69, 9.17) is 0 Å². The molecule has 0 radical (unpaired) electrons. The molecule has 1 N–H and O–H groups in total. The maximum atomic E-state index is 10.6. The summed E-state index contributed by atoms with van der Waals surface area (Å²) in [4.78, 5) is 18.2. The van der Waals surface area contributed by atoms with Crippen molar-refractivity contribution in [1.29, 1.82) is 0 Å². The molecule has 2 rings (SSSR count). The number of pyridine rings is 2. The summed E-state index contributed by atoms with van der Waals surface area (Å²) in [6, 6.07) is 7.02. The number of nitrogens with one attached hydrogen (secondary N) is 1. The summed E-state index contributed by atoms with van der Waals surface area (Å²) in [5, 5.41) is 13.6. The Balaban J connectivity index is 2.08. The number of nitrogens with zero attached hydrogens (tertiary/aromatic N) is 3. The fraction of sp³-hybridized carbons (Fsp3) is 0.0909. The van der Waals surface area contributed by atoms with Gasteiger partial charge < -0.3 is 5.32 Å². The summed E-state index contributed by atoms with van der Waals surface area (Å²) in [5.41, 5.74) is 0.815. The van der Waals surface area contributed by atoms with Gasteiger partial charge in [-0.3, -0.25) is 15.1 Å². The van der Waals surface area contributed by atoms with Gasteiger partial charge in [-0.2, -0.15) is 0 Å². The molecule has 7 heteroatoms. The lowest BCUT2D eigenvalue weighted by Gasteiger charge is -2.06. The molecule has 2 aromatic rings. The van der Waals surface area contributed by atoms with Gasteiger partial charge in [-0.1, -0.05) is 6.07 Å². The van der Waals surface area contributed by atoms with Crippen molar-refractivity contribution < 1.29 is 4.92 Å². The first-order valence-corrected chi connectivity index (χ1v) is 5.90. The minimum absolute atomic E-state index is 0.0507. The van der Waals surface area contributed by atoms with Crippen LogP contribution in [-0.2, 0) is 6.54 Å². The molecular weight excluding hydrogens is 300 g/mol. The molecule has 2 heterocycles. The van der Waals surface area contributed by atoms with Gasteiger partial charge in [0.1, 0.15) is 12.0 Å². The van der Waals surface area contributed by atoms with E-state index < -0.39 is 4.92 Å². The zero-order valence-electron chi connectivity index (χ0n) is 9.21. The van der Waals surface area contributed by atoms with E-state index in [9.17, 15) is 10.1 Å². The highest BCUT2D eigenvalue weighted by molar-refractivity contribution is 9.10. The number of hydrogen-bond acceptors (Lipinski definition) is 5. The molecule has 18 heavy (non-hydrogen) atoms. The first-order valence-electron chi connectivity index (χ1n) is 5.10. The van der Waals surface area contributed by atoms with Gasteiger partial charge >= 0.3 is 0 Å². The number of hydrogen-bond donors (Lipinski definition) is 1. The van der Waals surface area contributed by atoms with Gasteiger partial charge in [-0.25, -0.2) is 4.98 Å². The molecule has 0 atom stereocenters. The van der Waals surface area contributed by atoms with E-state index in [1.54, 1.807) is 6.20 Å². The zero-order chi connectivity index (χ0) is 13.0. The van der Waals surface area contributed by atoms with Crippen molar-refractivity contribution in [2.24, 2.45) is 0 Å². The second-order valence-corrected chi connectivity index (χ2v) is 4.31. The lowest BCUT2D eigenvalue weighted by Crippen LogP contribution is -2.04. The maximum Gasteiger partial charge on any atom is 0.288 e. The van der Waals surface area contributed by atoms with E-state index in [0.717, 1.165) is 5.69 Å². The Hall–Kier alpha value is -2.02. The second kappa shape index (κ2) is 5.54. The SMILES string of the molecule is O=[N+]([O-])c1cnc(NCc2ccccn2)c(Br)c1. The fourth-order valence-corrected chi connectivity index (χ4v) is 1.81. The van der Waals surface area contributed by atoms with Crippen molar-refractivity contribution in [3.05, 3.63) is 56.9 Å². The van der Waals surface area contributed by atoms with Crippen molar-refractivity contribution in [2.45, 2.75) is 6.54 Å². The van der Waals surface area contributed by atoms with Crippen LogP contribution in [0, 0.1) is 10.1 Å². The van der Waals surface area contributed by atoms with Crippen LogP contribution in [0.2, 0.25) is 0 Å². The van der Waals surface area contributed by atoms with Crippen molar-refractivity contribution in [3.8, 4) is 0 Å². The molecule has 0 aliphatic carbocycles. The predicted molar refractivity (Wildman–Crippen MR) is 70.2 cm³/mol. The van der Waals surface area contributed by atoms with Crippen molar-refractivity contribution in [1.82, 2.24) is 9.97 Å². The van der Waals surface area contributed by atoms with Gasteiger partial charge in [-0.15, -0.1) is 0 Å². The van der Waals surface area contributed by atoms with Crippen LogP contribution in [0.15, 0.2) is 41.1 Å². The summed E-state index contributed by atoms with van der Waals surface area (Å²) in [5.74, 6) is 0.547. The minimum atomic E-state index is -0.486. The van der Waals surface area contributed by atoms with Crippen LogP contribution < -0.4 is 5.32 Å². The Morgan fingerprint density at radius 3 is 2.83 bits per heavy atom. The van der Waals surface area contributed by atoms with Gasteiger partial charge in [0.15, 0.2) is 0 Å². The Kier molecular flexibility index (Phi) is 3.83. The van der Waals surface area contributed by atoms with Crippen LogP contribution in [0.4, 0.5) is 11.5 Å². The van der Waals surface area contributed by atoms with E-state index in [1.807, 2.05) is 18.2 Å². The molecule has 6 nitrogen and oxygen atoms in total. The first-order chi connectivity index (χ1) is 8.66. The summed E-state index contributed by atoms with van der Waals surface area (Å²) >= 11 is 3.24. The number of anilines is 1. The highest BCUT2D eigenvalue weighted by Crippen LogP contribution is 2.24. The molecule has 2 aromatic heterocycles. The molecule has 0 aliphatic rings. The van der Waals surface area contributed by atoms with Gasteiger partial charge in [0.25, 0.3) is 5.69 Å². The van der Waals surface area contributed by atoms with Crippen LogP contribution in [0.5, 0.6) is 0 Å². The lowest BCUT2D eigenvalue weighted by molar-refractivity contribution is -0.385. The van der Waals surface area contributed by atoms with Crippen LogP contribution in [0.25, 0.3) is 0 Å². The quantitative estimate of drug-likeness (QED) is 0.694. The molecule has 0 saturated heterocycles. The average Bonchev–Trinajstić information content (AvgIpc) is 2.38. The Bertz CT molecular complexity index is 562. The van der Waals surface area contributed by atoms with Gasteiger partial charge in [0.2, 0.25) is 0 Å². The molecule has 0 fully saturated rings. The lowest BCUT2D eigenvalue weighted by atomic mass is 10.3. The van der Waals surface area contributed by atoms with E-state index >= 15 is 0 Å². The highest BCUT2D eigenvalue weighted by Gasteiger charge is 2.10. The molecule has 0 bridgehead atoms. The summed E-state index contributed by atoms with van der Waals surface area (Å²) in [7, 11) is 0. The fourth-order valence-electron chi connectivity index (χ4n) is 1.33. The maximum absolute atomic E-state index is 10.6. The topological polar surface area (TPSA) is 81.0 Å². The molecule has 0 saturated carbocycles. The number of halogens is 1. The van der Waals surface area contributed by atoms with E-state index in [-0.39, 0.29) is 5.69 Å². The third-order valence-corrected chi connectivity index (χ3v) is 2.81. The van der Waals surface area contributed by atoms with Crippen molar-refractivity contribution in [3.63, 3.8) is 0 Å². The molecular formula is C11H9BrN4O2. The summed E-state index contributed by atoms with van der Waals surface area (Å²) in [6.45, 7) is 0.504.